The zero-order valence-electron chi connectivity index (χ0n) is 11.9. The number of sulfonamides is 1. The van der Waals surface area contributed by atoms with Gasteiger partial charge in [-0.15, -0.1) is 0 Å². The molecule has 0 aromatic heterocycles. The number of ether oxygens (including phenoxy) is 1. The van der Waals surface area contributed by atoms with Crippen LogP contribution in [0.3, 0.4) is 0 Å². The van der Waals surface area contributed by atoms with Crippen molar-refractivity contribution in [2.24, 2.45) is 11.7 Å². The highest BCUT2D eigenvalue weighted by Crippen LogP contribution is 2.37. The lowest BCUT2D eigenvalue weighted by Crippen LogP contribution is -2.43. The maximum Gasteiger partial charge on any atom is 0.387 e. The summed E-state index contributed by atoms with van der Waals surface area (Å²) in [6.07, 6.45) is 1.90. The summed E-state index contributed by atoms with van der Waals surface area (Å²) in [6, 6.07) is 3.13. The number of nitrogens with two attached hydrogens (primary N) is 1. The Balaban J connectivity index is 2.27. The van der Waals surface area contributed by atoms with E-state index in [1.165, 1.54) is 17.4 Å². The molecule has 22 heavy (non-hydrogen) atoms. The molecule has 9 heteroatoms. The molecular weight excluding hydrogens is 338 g/mol. The highest BCUT2D eigenvalue weighted by Gasteiger charge is 2.38. The third-order valence-electron chi connectivity index (χ3n) is 3.67. The molecule has 124 valence electrons. The summed E-state index contributed by atoms with van der Waals surface area (Å²) in [6.45, 7) is -2.81. The molecule has 2 rings (SSSR count). The summed E-state index contributed by atoms with van der Waals surface area (Å²) in [7, 11) is -2.34. The molecule has 1 aliphatic rings. The normalized spacial score (nSPS) is 17.0. The Hall–Kier alpha value is -0.960. The number of benzene rings is 1. The van der Waals surface area contributed by atoms with Crippen LogP contribution in [-0.2, 0) is 10.0 Å². The smallest absolute Gasteiger partial charge is 0.387 e. The van der Waals surface area contributed by atoms with Gasteiger partial charge in [-0.1, -0.05) is 11.6 Å². The van der Waals surface area contributed by atoms with Crippen LogP contribution in [0.1, 0.15) is 12.8 Å². The predicted molar refractivity (Wildman–Crippen MR) is 78.6 cm³/mol. The number of rotatable bonds is 7. The maximum absolute atomic E-state index is 12.6. The lowest BCUT2D eigenvalue weighted by molar-refractivity contribution is -0.0498. The van der Waals surface area contributed by atoms with Crippen LogP contribution < -0.4 is 10.5 Å². The molecule has 1 saturated carbocycles. The Kier molecular flexibility index (Phi) is 5.26. The summed E-state index contributed by atoms with van der Waals surface area (Å²) in [5.41, 5.74) is 5.66. The van der Waals surface area contributed by atoms with Crippen molar-refractivity contribution in [1.82, 2.24) is 4.31 Å². The van der Waals surface area contributed by atoms with Crippen LogP contribution >= 0.6 is 11.6 Å². The highest BCUT2D eigenvalue weighted by atomic mass is 35.5. The second kappa shape index (κ2) is 6.66. The zero-order chi connectivity index (χ0) is 16.5. The Morgan fingerprint density at radius 1 is 1.45 bits per heavy atom. The van der Waals surface area contributed by atoms with E-state index in [-0.39, 0.29) is 34.2 Å². The van der Waals surface area contributed by atoms with Gasteiger partial charge in [-0.05, 0) is 37.0 Å². The van der Waals surface area contributed by atoms with E-state index in [1.807, 2.05) is 0 Å². The van der Waals surface area contributed by atoms with Crippen LogP contribution in [0.4, 0.5) is 8.78 Å². The maximum atomic E-state index is 12.6. The van der Waals surface area contributed by atoms with Crippen molar-refractivity contribution in [3.63, 3.8) is 0 Å². The van der Waals surface area contributed by atoms with Gasteiger partial charge in [0.25, 0.3) is 0 Å². The molecule has 0 heterocycles. The van der Waals surface area contributed by atoms with E-state index in [4.69, 9.17) is 17.3 Å². The standard InChI is InChI=1S/C13H17ClF2N2O3S/c1-18(11(7-17)8-2-3-8)22(19,20)9-4-5-12(10(14)6-9)21-13(15)16/h4-6,8,11,13H,2-3,7,17H2,1H3. The van der Waals surface area contributed by atoms with Gasteiger partial charge in [-0.25, -0.2) is 8.42 Å². The first-order valence-electron chi connectivity index (χ1n) is 6.70. The van der Waals surface area contributed by atoms with Gasteiger partial charge in [0.15, 0.2) is 0 Å². The second-order valence-electron chi connectivity index (χ2n) is 5.13. The molecule has 0 amide bonds. The minimum absolute atomic E-state index is 0.0827. The highest BCUT2D eigenvalue weighted by molar-refractivity contribution is 7.89. The number of halogens is 3. The fourth-order valence-corrected chi connectivity index (χ4v) is 4.04. The van der Waals surface area contributed by atoms with Crippen molar-refractivity contribution in [3.8, 4) is 5.75 Å². The molecule has 0 aliphatic heterocycles. The number of alkyl halides is 2. The predicted octanol–water partition coefficient (Wildman–Crippen LogP) is 2.30. The van der Waals surface area contributed by atoms with E-state index < -0.39 is 16.6 Å². The molecule has 1 aromatic rings. The molecule has 0 bridgehead atoms. The summed E-state index contributed by atoms with van der Waals surface area (Å²) < 4.78 is 54.9. The van der Waals surface area contributed by atoms with Gasteiger partial charge in [0.05, 0.1) is 9.92 Å². The first kappa shape index (κ1) is 17.4. The van der Waals surface area contributed by atoms with E-state index in [1.54, 1.807) is 0 Å². The third-order valence-corrected chi connectivity index (χ3v) is 5.85. The number of likely N-dealkylation sites (N-methyl/N-ethyl adjacent to an activating group) is 1. The fraction of sp³-hybridized carbons (Fsp3) is 0.538. The first-order valence-corrected chi connectivity index (χ1v) is 8.51. The third kappa shape index (κ3) is 3.68. The molecule has 0 radical (unpaired) electrons. The van der Waals surface area contributed by atoms with Crippen LogP contribution in [0.15, 0.2) is 23.1 Å². The molecule has 0 spiro atoms. The minimum atomic E-state index is -3.80. The van der Waals surface area contributed by atoms with Gasteiger partial charge < -0.3 is 10.5 Å². The summed E-state index contributed by atoms with van der Waals surface area (Å²) in [5, 5.41) is -0.189. The average molecular weight is 355 g/mol. The van der Waals surface area contributed by atoms with Crippen LogP contribution in [0, 0.1) is 5.92 Å². The Bertz CT molecular complexity index is 638. The first-order chi connectivity index (χ1) is 10.3. The SMILES string of the molecule is CN(C(CN)C1CC1)S(=O)(=O)c1ccc(OC(F)F)c(Cl)c1. The van der Waals surface area contributed by atoms with E-state index in [0.717, 1.165) is 25.0 Å². The number of hydrogen-bond donors (Lipinski definition) is 1. The summed E-state index contributed by atoms with van der Waals surface area (Å²) >= 11 is 5.81. The van der Waals surface area contributed by atoms with Crippen molar-refractivity contribution in [3.05, 3.63) is 23.2 Å². The van der Waals surface area contributed by atoms with E-state index in [0.29, 0.717) is 0 Å². The van der Waals surface area contributed by atoms with Gasteiger partial charge in [0, 0.05) is 19.6 Å². The van der Waals surface area contributed by atoms with Gasteiger partial charge in [0.2, 0.25) is 10.0 Å². The molecule has 2 N–H and O–H groups in total. The molecule has 1 atom stereocenters. The zero-order valence-corrected chi connectivity index (χ0v) is 13.4. The molecule has 1 aliphatic carbocycles. The van der Waals surface area contributed by atoms with Gasteiger partial charge in [-0.2, -0.15) is 13.1 Å². The summed E-state index contributed by atoms with van der Waals surface area (Å²) in [4.78, 5) is -0.0827. The van der Waals surface area contributed by atoms with Crippen LogP contribution in [0.5, 0.6) is 5.75 Å². The van der Waals surface area contributed by atoms with Crippen molar-refractivity contribution >= 4 is 21.6 Å². The lowest BCUT2D eigenvalue weighted by Gasteiger charge is -2.26. The molecule has 0 saturated heterocycles. The van der Waals surface area contributed by atoms with Crippen LogP contribution in [0.25, 0.3) is 0 Å². The summed E-state index contributed by atoms with van der Waals surface area (Å²) in [5.74, 6) is -0.00229. The van der Waals surface area contributed by atoms with Crippen LogP contribution in [0.2, 0.25) is 5.02 Å². The Morgan fingerprint density at radius 2 is 2.09 bits per heavy atom. The van der Waals surface area contributed by atoms with Crippen LogP contribution in [-0.4, -0.2) is 39.0 Å². The molecular formula is C13H17ClF2N2O3S. The Morgan fingerprint density at radius 3 is 2.55 bits per heavy atom. The van der Waals surface area contributed by atoms with E-state index in [2.05, 4.69) is 4.74 Å². The van der Waals surface area contributed by atoms with Crippen molar-refractivity contribution in [1.29, 1.82) is 0 Å². The minimum Gasteiger partial charge on any atom is -0.433 e. The molecule has 1 aromatic carbocycles. The molecule has 1 unspecified atom stereocenters. The van der Waals surface area contributed by atoms with Crippen molar-refractivity contribution in [2.75, 3.05) is 13.6 Å². The van der Waals surface area contributed by atoms with Gasteiger partial charge in [-0.3, -0.25) is 0 Å². The number of nitrogens with zero attached hydrogens (tertiary/aromatic N) is 1. The van der Waals surface area contributed by atoms with E-state index in [9.17, 15) is 17.2 Å². The van der Waals surface area contributed by atoms with Crippen molar-refractivity contribution in [2.45, 2.75) is 30.4 Å². The monoisotopic (exact) mass is 354 g/mol. The largest absolute Gasteiger partial charge is 0.433 e. The molecule has 5 nitrogen and oxygen atoms in total. The second-order valence-corrected chi connectivity index (χ2v) is 7.54. The van der Waals surface area contributed by atoms with Gasteiger partial charge in [0.1, 0.15) is 5.75 Å². The molecule has 1 fully saturated rings. The average Bonchev–Trinajstić information content (AvgIpc) is 3.26. The van der Waals surface area contributed by atoms with Gasteiger partial charge >= 0.3 is 6.61 Å². The van der Waals surface area contributed by atoms with Crippen molar-refractivity contribution < 1.29 is 21.9 Å². The van der Waals surface area contributed by atoms with E-state index >= 15 is 0 Å². The quantitative estimate of drug-likeness (QED) is 0.815. The fourth-order valence-electron chi connectivity index (χ4n) is 2.30. The lowest BCUT2D eigenvalue weighted by atomic mass is 10.2. The number of hydrogen-bond acceptors (Lipinski definition) is 4. The topological polar surface area (TPSA) is 72.6 Å². The Labute approximate surface area is 133 Å².